The van der Waals surface area contributed by atoms with Gasteiger partial charge in [-0.15, -0.1) is 0 Å². The van der Waals surface area contributed by atoms with Crippen LogP contribution in [0.3, 0.4) is 0 Å². The van der Waals surface area contributed by atoms with Crippen LogP contribution in [-0.2, 0) is 0 Å². The Hall–Kier alpha value is -3.23. The Morgan fingerprint density at radius 1 is 0.812 bits per heavy atom. The zero-order valence-corrected chi connectivity index (χ0v) is 16.8. The first-order valence-electron chi connectivity index (χ1n) is 9.99. The molecule has 1 aliphatic heterocycles. The van der Waals surface area contributed by atoms with Crippen LogP contribution in [0.1, 0.15) is 12.8 Å². The molecule has 0 aliphatic carbocycles. The van der Waals surface area contributed by atoms with Crippen LogP contribution < -0.4 is 14.4 Å². The molecule has 0 amide bonds. The molecule has 0 unspecified atom stereocenters. The van der Waals surface area contributed by atoms with Gasteiger partial charge in [0.2, 0.25) is 0 Å². The summed E-state index contributed by atoms with van der Waals surface area (Å²) in [5.41, 5.74) is 0.745. The van der Waals surface area contributed by atoms with Crippen molar-refractivity contribution < 1.29 is 36.5 Å². The molecular formula is C23H20F5NO3. The van der Waals surface area contributed by atoms with Crippen molar-refractivity contribution in [2.75, 3.05) is 18.0 Å². The Labute approximate surface area is 180 Å². The zero-order valence-electron chi connectivity index (χ0n) is 16.8. The Kier molecular flexibility index (Phi) is 5.75. The number of anilines is 1. The minimum atomic E-state index is -5.80. The van der Waals surface area contributed by atoms with Crippen LogP contribution in [0.2, 0.25) is 0 Å². The maximum absolute atomic E-state index is 13.0. The predicted molar refractivity (Wildman–Crippen MR) is 110 cm³/mol. The molecule has 0 radical (unpaired) electrons. The molecule has 9 heteroatoms. The molecular weight excluding hydrogens is 433 g/mol. The number of fused-ring (bicyclic) bond motifs is 1. The van der Waals surface area contributed by atoms with Crippen molar-refractivity contribution in [2.24, 2.45) is 0 Å². The smallest absolute Gasteiger partial charge is 0.499 e. The summed E-state index contributed by atoms with van der Waals surface area (Å²) in [5, 5.41) is 12.4. The maximum Gasteiger partial charge on any atom is 0.499 e. The second kappa shape index (κ2) is 8.37. The molecule has 4 nitrogen and oxygen atoms in total. The van der Waals surface area contributed by atoms with Crippen LogP contribution in [0.15, 0.2) is 60.7 Å². The Bertz CT molecular complexity index is 1080. The average Bonchev–Trinajstić information content (AvgIpc) is 2.74. The number of hydrogen-bond donors (Lipinski definition) is 1. The number of phenolic OH excluding ortho intramolecular Hbond substituents is 1. The summed E-state index contributed by atoms with van der Waals surface area (Å²) in [6, 6.07) is 16.0. The number of aromatic hydroxyl groups is 1. The molecule has 3 aromatic carbocycles. The molecule has 3 aromatic rings. The zero-order chi connectivity index (χ0) is 22.9. The lowest BCUT2D eigenvalue weighted by Gasteiger charge is -2.34. The number of alkyl halides is 5. The number of halogens is 5. The predicted octanol–water partition coefficient (Wildman–Crippen LogP) is 6.13. The third kappa shape index (κ3) is 4.66. The third-order valence-corrected chi connectivity index (χ3v) is 5.33. The van der Waals surface area contributed by atoms with Gasteiger partial charge in [-0.25, -0.2) is 0 Å². The highest BCUT2D eigenvalue weighted by atomic mass is 19.4. The van der Waals surface area contributed by atoms with Crippen LogP contribution in [0.25, 0.3) is 10.8 Å². The van der Waals surface area contributed by atoms with E-state index < -0.39 is 18.0 Å². The summed E-state index contributed by atoms with van der Waals surface area (Å²) in [5.74, 6) is -0.0599. The fourth-order valence-corrected chi connectivity index (χ4v) is 3.67. The van der Waals surface area contributed by atoms with E-state index in [-0.39, 0.29) is 11.9 Å². The van der Waals surface area contributed by atoms with Gasteiger partial charge in [0.25, 0.3) is 0 Å². The number of benzene rings is 3. The van der Waals surface area contributed by atoms with E-state index >= 15 is 0 Å². The third-order valence-electron chi connectivity index (χ3n) is 5.33. The summed E-state index contributed by atoms with van der Waals surface area (Å²) in [4.78, 5) is 2.07. The fraction of sp³-hybridized carbons (Fsp3) is 0.304. The van der Waals surface area contributed by atoms with Crippen LogP contribution in [0, 0.1) is 0 Å². The summed E-state index contributed by atoms with van der Waals surface area (Å²) >= 11 is 0. The van der Waals surface area contributed by atoms with Gasteiger partial charge in [0, 0.05) is 25.9 Å². The number of piperidine rings is 1. The Morgan fingerprint density at radius 2 is 1.38 bits per heavy atom. The van der Waals surface area contributed by atoms with Gasteiger partial charge in [-0.1, -0.05) is 24.3 Å². The largest absolute Gasteiger partial charge is 0.506 e. The lowest BCUT2D eigenvalue weighted by atomic mass is 10.0. The molecule has 1 fully saturated rings. The minimum absolute atomic E-state index is 0.155. The van der Waals surface area contributed by atoms with E-state index in [0.717, 1.165) is 28.6 Å². The first kappa shape index (κ1) is 22.0. The second-order valence-corrected chi connectivity index (χ2v) is 7.58. The second-order valence-electron chi connectivity index (χ2n) is 7.58. The first-order chi connectivity index (χ1) is 15.1. The van der Waals surface area contributed by atoms with Crippen molar-refractivity contribution in [2.45, 2.75) is 31.2 Å². The number of phenols is 1. The summed E-state index contributed by atoms with van der Waals surface area (Å²) < 4.78 is 72.3. The van der Waals surface area contributed by atoms with Gasteiger partial charge in [0.1, 0.15) is 23.4 Å². The normalized spacial score (nSPS) is 15.7. The first-order valence-corrected chi connectivity index (χ1v) is 9.99. The van der Waals surface area contributed by atoms with Crippen molar-refractivity contribution >= 4 is 16.5 Å². The van der Waals surface area contributed by atoms with Crippen molar-refractivity contribution in [3.05, 3.63) is 60.7 Å². The van der Waals surface area contributed by atoms with E-state index in [2.05, 4.69) is 9.64 Å². The van der Waals surface area contributed by atoms with Crippen LogP contribution in [-0.4, -0.2) is 36.6 Å². The lowest BCUT2D eigenvalue weighted by molar-refractivity contribution is -0.360. The highest BCUT2D eigenvalue weighted by Crippen LogP contribution is 2.38. The molecule has 0 saturated carbocycles. The van der Waals surface area contributed by atoms with E-state index in [1.54, 1.807) is 6.07 Å². The topological polar surface area (TPSA) is 41.9 Å². The van der Waals surface area contributed by atoms with Crippen molar-refractivity contribution in [1.82, 2.24) is 0 Å². The van der Waals surface area contributed by atoms with E-state index in [1.165, 1.54) is 12.1 Å². The quantitative estimate of drug-likeness (QED) is 0.472. The summed E-state index contributed by atoms with van der Waals surface area (Å²) in [7, 11) is 0. The van der Waals surface area contributed by atoms with Gasteiger partial charge in [0.15, 0.2) is 0 Å². The van der Waals surface area contributed by atoms with Gasteiger partial charge < -0.3 is 19.5 Å². The molecule has 170 valence electrons. The van der Waals surface area contributed by atoms with Crippen LogP contribution in [0.5, 0.6) is 17.2 Å². The molecule has 0 spiro atoms. The molecule has 1 saturated heterocycles. The maximum atomic E-state index is 13.0. The Balaban J connectivity index is 1.35. The van der Waals surface area contributed by atoms with E-state index in [4.69, 9.17) is 4.74 Å². The van der Waals surface area contributed by atoms with E-state index in [9.17, 15) is 27.1 Å². The SMILES string of the molecule is Oc1cc2ccccc2cc1N1CCC(Oc2ccc(OC(F)(F)C(F)(F)F)cc2)CC1. The number of ether oxygens (including phenoxy) is 2. The van der Waals surface area contributed by atoms with Gasteiger partial charge in [-0.3, -0.25) is 0 Å². The number of rotatable bonds is 5. The van der Waals surface area contributed by atoms with Crippen molar-refractivity contribution in [1.29, 1.82) is 0 Å². The highest BCUT2D eigenvalue weighted by Gasteiger charge is 2.61. The highest BCUT2D eigenvalue weighted by molar-refractivity contribution is 5.88. The monoisotopic (exact) mass is 453 g/mol. The number of nitrogens with zero attached hydrogens (tertiary/aromatic N) is 1. The minimum Gasteiger partial charge on any atom is -0.506 e. The standard InChI is InChI=1S/C23H20F5NO3/c24-22(25,26)23(27,28)32-19-7-5-17(6-8-19)31-18-9-11-29(12-10-18)20-13-15-3-1-2-4-16(15)14-21(20)30/h1-8,13-14,18,30H,9-12H2. The van der Waals surface area contributed by atoms with E-state index in [0.29, 0.717) is 31.7 Å². The molecule has 4 rings (SSSR count). The molecule has 0 aromatic heterocycles. The van der Waals surface area contributed by atoms with Crippen molar-refractivity contribution in [3.8, 4) is 17.2 Å². The van der Waals surface area contributed by atoms with Crippen LogP contribution >= 0.6 is 0 Å². The average molecular weight is 453 g/mol. The van der Waals surface area contributed by atoms with Gasteiger partial charge in [0.05, 0.1) is 5.69 Å². The van der Waals surface area contributed by atoms with Crippen molar-refractivity contribution in [3.63, 3.8) is 0 Å². The molecule has 0 atom stereocenters. The van der Waals surface area contributed by atoms with Gasteiger partial charge in [-0.05, 0) is 47.2 Å². The molecule has 1 aliphatic rings. The summed E-state index contributed by atoms with van der Waals surface area (Å²) in [6.45, 7) is 1.27. The van der Waals surface area contributed by atoms with Gasteiger partial charge in [-0.2, -0.15) is 22.0 Å². The molecule has 1 heterocycles. The lowest BCUT2D eigenvalue weighted by Crippen LogP contribution is -2.41. The molecule has 1 N–H and O–H groups in total. The van der Waals surface area contributed by atoms with E-state index in [1.807, 2.05) is 30.3 Å². The number of hydrogen-bond acceptors (Lipinski definition) is 4. The summed E-state index contributed by atoms with van der Waals surface area (Å²) in [6.07, 6.45) is -9.92. The van der Waals surface area contributed by atoms with Crippen LogP contribution in [0.4, 0.5) is 27.6 Å². The Morgan fingerprint density at radius 3 is 1.97 bits per heavy atom. The molecule has 32 heavy (non-hydrogen) atoms. The van der Waals surface area contributed by atoms with Gasteiger partial charge >= 0.3 is 12.3 Å². The molecule has 0 bridgehead atoms. The fourth-order valence-electron chi connectivity index (χ4n) is 3.67.